The van der Waals surface area contributed by atoms with E-state index in [0.29, 0.717) is 25.2 Å². The number of rotatable bonds is 0. The Balaban J connectivity index is 2.02. The van der Waals surface area contributed by atoms with E-state index in [0.717, 1.165) is 18.8 Å². The van der Waals surface area contributed by atoms with Crippen LogP contribution >= 0.6 is 0 Å². The molecule has 1 aliphatic heterocycles. The quantitative estimate of drug-likeness (QED) is 0.595. The molecule has 14 heavy (non-hydrogen) atoms. The lowest BCUT2D eigenvalue weighted by Crippen LogP contribution is -2.39. The van der Waals surface area contributed by atoms with E-state index in [9.17, 15) is 4.79 Å². The van der Waals surface area contributed by atoms with Gasteiger partial charge in [0.1, 0.15) is 5.78 Å². The van der Waals surface area contributed by atoms with Crippen molar-refractivity contribution in [1.82, 2.24) is 0 Å². The van der Waals surface area contributed by atoms with Crippen molar-refractivity contribution in [2.75, 3.05) is 6.61 Å². The third-order valence-corrected chi connectivity index (χ3v) is 3.73. The number of carbonyl (C=O) groups is 1. The second kappa shape index (κ2) is 4.01. The second-order valence-corrected chi connectivity index (χ2v) is 5.03. The summed E-state index contributed by atoms with van der Waals surface area (Å²) in [6.45, 7) is 2.97. The maximum Gasteiger partial charge on any atom is 0.138 e. The van der Waals surface area contributed by atoms with E-state index < -0.39 is 0 Å². The smallest absolute Gasteiger partial charge is 0.138 e. The Morgan fingerprint density at radius 1 is 1.36 bits per heavy atom. The zero-order valence-electron chi connectivity index (χ0n) is 9.05. The van der Waals surface area contributed by atoms with Crippen LogP contribution in [0, 0.1) is 5.92 Å². The van der Waals surface area contributed by atoms with Crippen molar-refractivity contribution in [3.63, 3.8) is 0 Å². The maximum atomic E-state index is 11.5. The largest absolute Gasteiger partial charge is 0.374 e. The van der Waals surface area contributed by atoms with Gasteiger partial charge in [-0.2, -0.15) is 0 Å². The minimum absolute atomic E-state index is 0.0555. The fraction of sp³-hybridized carbons (Fsp3) is 0.917. The molecule has 0 aromatic carbocycles. The first-order valence-corrected chi connectivity index (χ1v) is 5.86. The summed E-state index contributed by atoms with van der Waals surface area (Å²) in [6.07, 6.45) is 7.28. The molecule has 80 valence electrons. The lowest BCUT2D eigenvalue weighted by Gasteiger charge is -2.35. The van der Waals surface area contributed by atoms with Gasteiger partial charge >= 0.3 is 0 Å². The fourth-order valence-corrected chi connectivity index (χ4v) is 2.75. The van der Waals surface area contributed by atoms with E-state index in [1.54, 1.807) is 0 Å². The van der Waals surface area contributed by atoms with Crippen molar-refractivity contribution in [3.05, 3.63) is 0 Å². The highest BCUT2D eigenvalue weighted by Crippen LogP contribution is 2.37. The lowest BCUT2D eigenvalue weighted by atomic mass is 9.86. The van der Waals surface area contributed by atoms with Crippen LogP contribution in [-0.4, -0.2) is 18.0 Å². The second-order valence-electron chi connectivity index (χ2n) is 5.03. The van der Waals surface area contributed by atoms with Gasteiger partial charge < -0.3 is 4.74 Å². The Bertz CT molecular complexity index is 224. The molecule has 1 saturated carbocycles. The Labute approximate surface area is 86.0 Å². The van der Waals surface area contributed by atoms with Crippen molar-refractivity contribution in [3.8, 4) is 0 Å². The first-order valence-electron chi connectivity index (χ1n) is 5.86. The van der Waals surface area contributed by atoms with E-state index in [4.69, 9.17) is 4.74 Å². The minimum Gasteiger partial charge on any atom is -0.374 e. The van der Waals surface area contributed by atoms with Crippen molar-refractivity contribution in [2.45, 2.75) is 57.5 Å². The molecular weight excluding hydrogens is 176 g/mol. The number of Topliss-reactive ketones (excluding diaryl/α,β-unsaturated/α-hetero) is 1. The summed E-state index contributed by atoms with van der Waals surface area (Å²) >= 11 is 0. The van der Waals surface area contributed by atoms with Gasteiger partial charge in [0, 0.05) is 12.8 Å². The zero-order valence-corrected chi connectivity index (χ0v) is 9.05. The molecule has 0 radical (unpaired) electrons. The van der Waals surface area contributed by atoms with Gasteiger partial charge in [-0.05, 0) is 25.2 Å². The van der Waals surface area contributed by atoms with Crippen LogP contribution in [-0.2, 0) is 9.53 Å². The SMILES string of the molecule is CC1CCCC2(CC1)CC(=O)CCO2. The number of hydrogen-bond donors (Lipinski definition) is 0. The molecule has 2 atom stereocenters. The third-order valence-electron chi connectivity index (χ3n) is 3.73. The van der Waals surface area contributed by atoms with E-state index in [1.807, 2.05) is 0 Å². The highest BCUT2D eigenvalue weighted by Gasteiger charge is 2.37. The monoisotopic (exact) mass is 196 g/mol. The van der Waals surface area contributed by atoms with Crippen molar-refractivity contribution in [2.24, 2.45) is 5.92 Å². The van der Waals surface area contributed by atoms with Crippen LogP contribution in [0.3, 0.4) is 0 Å². The van der Waals surface area contributed by atoms with Gasteiger partial charge in [0.25, 0.3) is 0 Å². The number of ether oxygens (including phenoxy) is 1. The molecule has 2 rings (SSSR count). The average Bonchev–Trinajstić information content (AvgIpc) is 2.30. The first-order chi connectivity index (χ1) is 6.70. The van der Waals surface area contributed by atoms with Crippen LogP contribution in [0.5, 0.6) is 0 Å². The van der Waals surface area contributed by atoms with Crippen molar-refractivity contribution >= 4 is 5.78 Å². The molecule has 2 nitrogen and oxygen atoms in total. The van der Waals surface area contributed by atoms with Crippen LogP contribution in [0.4, 0.5) is 0 Å². The molecule has 2 heteroatoms. The molecule has 0 amide bonds. The molecule has 1 saturated heterocycles. The van der Waals surface area contributed by atoms with E-state index >= 15 is 0 Å². The van der Waals surface area contributed by atoms with E-state index in [-0.39, 0.29) is 5.60 Å². The summed E-state index contributed by atoms with van der Waals surface area (Å²) in [4.78, 5) is 11.5. The number of carbonyl (C=O) groups excluding carboxylic acids is 1. The average molecular weight is 196 g/mol. The molecule has 1 spiro atoms. The van der Waals surface area contributed by atoms with E-state index in [1.165, 1.54) is 19.3 Å². The van der Waals surface area contributed by atoms with Crippen molar-refractivity contribution in [1.29, 1.82) is 0 Å². The van der Waals surface area contributed by atoms with Gasteiger partial charge in [0.2, 0.25) is 0 Å². The standard InChI is InChI=1S/C12H20O2/c1-10-3-2-6-12(7-4-10)9-11(13)5-8-14-12/h10H,2-9H2,1H3. The van der Waals surface area contributed by atoms with Crippen LogP contribution in [0.25, 0.3) is 0 Å². The van der Waals surface area contributed by atoms with Crippen LogP contribution in [0.15, 0.2) is 0 Å². The molecule has 2 fully saturated rings. The fourth-order valence-electron chi connectivity index (χ4n) is 2.75. The molecule has 2 aliphatic rings. The molecule has 0 bridgehead atoms. The molecular formula is C12H20O2. The highest BCUT2D eigenvalue weighted by atomic mass is 16.5. The highest BCUT2D eigenvalue weighted by molar-refractivity contribution is 5.80. The van der Waals surface area contributed by atoms with Gasteiger partial charge in [0.15, 0.2) is 0 Å². The number of ketones is 1. The first kappa shape index (κ1) is 10.2. The predicted octanol–water partition coefficient (Wildman–Crippen LogP) is 2.70. The van der Waals surface area contributed by atoms with Gasteiger partial charge in [0.05, 0.1) is 12.2 Å². The van der Waals surface area contributed by atoms with E-state index in [2.05, 4.69) is 6.92 Å². The van der Waals surface area contributed by atoms with Gasteiger partial charge in [-0.3, -0.25) is 4.79 Å². The Kier molecular flexibility index (Phi) is 2.91. The molecule has 2 unspecified atom stereocenters. The Morgan fingerprint density at radius 3 is 3.00 bits per heavy atom. The summed E-state index contributed by atoms with van der Waals surface area (Å²) in [5.41, 5.74) is -0.0555. The molecule has 0 aromatic heterocycles. The normalized spacial score (nSPS) is 39.8. The summed E-state index contributed by atoms with van der Waals surface area (Å²) in [5.74, 6) is 1.22. The lowest BCUT2D eigenvalue weighted by molar-refractivity contribution is -0.142. The minimum atomic E-state index is -0.0555. The van der Waals surface area contributed by atoms with Crippen molar-refractivity contribution < 1.29 is 9.53 Å². The van der Waals surface area contributed by atoms with Gasteiger partial charge in [-0.1, -0.05) is 19.8 Å². The summed E-state index contributed by atoms with van der Waals surface area (Å²) in [5, 5.41) is 0. The Morgan fingerprint density at radius 2 is 2.21 bits per heavy atom. The molecule has 0 N–H and O–H groups in total. The molecule has 0 aromatic rings. The number of hydrogen-bond acceptors (Lipinski definition) is 2. The summed E-state index contributed by atoms with van der Waals surface area (Å²) < 4.78 is 5.88. The maximum absolute atomic E-state index is 11.5. The molecule has 1 heterocycles. The Hall–Kier alpha value is -0.370. The predicted molar refractivity (Wildman–Crippen MR) is 55.2 cm³/mol. The summed E-state index contributed by atoms with van der Waals surface area (Å²) in [7, 11) is 0. The van der Waals surface area contributed by atoms with Crippen LogP contribution in [0.2, 0.25) is 0 Å². The topological polar surface area (TPSA) is 26.3 Å². The van der Waals surface area contributed by atoms with Crippen LogP contribution in [0.1, 0.15) is 51.9 Å². The summed E-state index contributed by atoms with van der Waals surface area (Å²) in [6, 6.07) is 0. The van der Waals surface area contributed by atoms with Gasteiger partial charge in [-0.25, -0.2) is 0 Å². The zero-order chi connectivity index (χ0) is 10.0. The molecule has 1 aliphatic carbocycles. The van der Waals surface area contributed by atoms with Gasteiger partial charge in [-0.15, -0.1) is 0 Å². The third kappa shape index (κ3) is 2.17. The van der Waals surface area contributed by atoms with Crippen LogP contribution < -0.4 is 0 Å².